The standard InChI is InChI=1S/C12H9N3OS/c16-12-14-10-5-6-13-7-11(10)15(12)8-1-3-9(17)4-2-8/h1-7,17H,(H,14,16). The third kappa shape index (κ3) is 1.64. The number of thiol groups is 1. The van der Waals surface area contributed by atoms with E-state index in [2.05, 4.69) is 22.6 Å². The smallest absolute Gasteiger partial charge is 0.305 e. The highest BCUT2D eigenvalue weighted by Crippen LogP contribution is 2.15. The van der Waals surface area contributed by atoms with Gasteiger partial charge in [-0.3, -0.25) is 9.55 Å². The number of hydrogen-bond acceptors (Lipinski definition) is 3. The van der Waals surface area contributed by atoms with Crippen LogP contribution in [-0.2, 0) is 0 Å². The largest absolute Gasteiger partial charge is 0.331 e. The van der Waals surface area contributed by atoms with Crippen LogP contribution in [0, 0.1) is 0 Å². The summed E-state index contributed by atoms with van der Waals surface area (Å²) in [6, 6.07) is 9.18. The number of pyridine rings is 1. The number of hydrogen-bond donors (Lipinski definition) is 2. The maximum atomic E-state index is 11.9. The molecule has 17 heavy (non-hydrogen) atoms. The SMILES string of the molecule is O=c1[nH]c2ccncc2n1-c1ccc(S)cc1. The van der Waals surface area contributed by atoms with E-state index in [1.807, 2.05) is 24.3 Å². The van der Waals surface area contributed by atoms with Gasteiger partial charge in [0.2, 0.25) is 0 Å². The average Bonchev–Trinajstić information content (AvgIpc) is 2.66. The van der Waals surface area contributed by atoms with Crippen LogP contribution in [0.3, 0.4) is 0 Å². The second kappa shape index (κ2) is 3.78. The molecule has 0 aliphatic rings. The minimum atomic E-state index is -0.167. The number of imidazole rings is 1. The van der Waals surface area contributed by atoms with E-state index < -0.39 is 0 Å². The molecule has 0 saturated heterocycles. The summed E-state index contributed by atoms with van der Waals surface area (Å²) in [5.74, 6) is 0. The van der Waals surface area contributed by atoms with Crippen LogP contribution in [0.1, 0.15) is 0 Å². The molecule has 0 saturated carbocycles. The molecule has 4 nitrogen and oxygen atoms in total. The van der Waals surface area contributed by atoms with Crippen molar-refractivity contribution in [1.82, 2.24) is 14.5 Å². The molecule has 5 heteroatoms. The van der Waals surface area contributed by atoms with Crippen LogP contribution >= 0.6 is 12.6 Å². The summed E-state index contributed by atoms with van der Waals surface area (Å²) in [4.78, 5) is 19.6. The van der Waals surface area contributed by atoms with Gasteiger partial charge in [-0.25, -0.2) is 4.79 Å². The van der Waals surface area contributed by atoms with Gasteiger partial charge in [0.1, 0.15) is 0 Å². The second-order valence-corrected chi connectivity index (χ2v) is 4.19. The van der Waals surface area contributed by atoms with Gasteiger partial charge in [0.05, 0.1) is 22.9 Å². The summed E-state index contributed by atoms with van der Waals surface area (Å²) in [6.45, 7) is 0. The lowest BCUT2D eigenvalue weighted by Crippen LogP contribution is -2.14. The first kappa shape index (κ1) is 10.2. The van der Waals surface area contributed by atoms with Crippen molar-refractivity contribution in [3.63, 3.8) is 0 Å². The van der Waals surface area contributed by atoms with E-state index in [0.29, 0.717) is 0 Å². The van der Waals surface area contributed by atoms with Gasteiger partial charge in [-0.05, 0) is 30.3 Å². The molecule has 0 atom stereocenters. The van der Waals surface area contributed by atoms with Gasteiger partial charge >= 0.3 is 5.69 Å². The fraction of sp³-hybridized carbons (Fsp3) is 0. The van der Waals surface area contributed by atoms with Crippen molar-refractivity contribution in [2.45, 2.75) is 4.90 Å². The highest BCUT2D eigenvalue weighted by molar-refractivity contribution is 7.80. The molecule has 2 heterocycles. The molecule has 0 spiro atoms. The Morgan fingerprint density at radius 3 is 2.71 bits per heavy atom. The van der Waals surface area contributed by atoms with E-state index in [-0.39, 0.29) is 5.69 Å². The number of fused-ring (bicyclic) bond motifs is 1. The van der Waals surface area contributed by atoms with E-state index in [1.165, 1.54) is 0 Å². The molecule has 0 bridgehead atoms. The number of nitrogens with one attached hydrogen (secondary N) is 1. The zero-order valence-corrected chi connectivity index (χ0v) is 9.69. The van der Waals surface area contributed by atoms with Crippen LogP contribution in [-0.4, -0.2) is 14.5 Å². The number of nitrogens with zero attached hydrogens (tertiary/aromatic N) is 2. The average molecular weight is 243 g/mol. The molecule has 3 rings (SSSR count). The molecule has 2 aromatic heterocycles. The minimum Gasteiger partial charge on any atom is -0.305 e. The Labute approximate surface area is 102 Å². The number of aromatic amines is 1. The normalized spacial score (nSPS) is 10.9. The first-order chi connectivity index (χ1) is 8.25. The topological polar surface area (TPSA) is 50.7 Å². The molecule has 84 valence electrons. The Morgan fingerprint density at radius 2 is 1.94 bits per heavy atom. The molecule has 0 aliphatic heterocycles. The van der Waals surface area contributed by atoms with Gasteiger partial charge < -0.3 is 4.98 Å². The van der Waals surface area contributed by atoms with Crippen LogP contribution in [0.2, 0.25) is 0 Å². The number of benzene rings is 1. The van der Waals surface area contributed by atoms with Crippen molar-refractivity contribution in [2.75, 3.05) is 0 Å². The third-order valence-electron chi connectivity index (χ3n) is 2.59. The van der Waals surface area contributed by atoms with Gasteiger partial charge in [0.15, 0.2) is 0 Å². The van der Waals surface area contributed by atoms with Crippen LogP contribution in [0.5, 0.6) is 0 Å². The quantitative estimate of drug-likeness (QED) is 0.642. The first-order valence-corrected chi connectivity index (χ1v) is 5.54. The number of aromatic nitrogens is 3. The van der Waals surface area contributed by atoms with Gasteiger partial charge in [-0.2, -0.15) is 0 Å². The molecular formula is C12H9N3OS. The molecule has 0 fully saturated rings. The van der Waals surface area contributed by atoms with Crippen molar-refractivity contribution in [3.05, 3.63) is 53.2 Å². The molecule has 1 N–H and O–H groups in total. The monoisotopic (exact) mass is 243 g/mol. The summed E-state index contributed by atoms with van der Waals surface area (Å²) >= 11 is 4.22. The number of rotatable bonds is 1. The van der Waals surface area contributed by atoms with Crippen molar-refractivity contribution < 1.29 is 0 Å². The summed E-state index contributed by atoms with van der Waals surface area (Å²) < 4.78 is 1.59. The van der Waals surface area contributed by atoms with Gasteiger partial charge in [-0.1, -0.05) is 0 Å². The summed E-state index contributed by atoms with van der Waals surface area (Å²) in [5.41, 5.74) is 2.18. The summed E-state index contributed by atoms with van der Waals surface area (Å²) in [5, 5.41) is 0. The molecular weight excluding hydrogens is 234 g/mol. The van der Waals surface area contributed by atoms with E-state index in [0.717, 1.165) is 21.6 Å². The second-order valence-electron chi connectivity index (χ2n) is 3.67. The fourth-order valence-electron chi connectivity index (χ4n) is 1.81. The molecule has 3 aromatic rings. The van der Waals surface area contributed by atoms with E-state index in [1.54, 1.807) is 23.0 Å². The minimum absolute atomic E-state index is 0.167. The van der Waals surface area contributed by atoms with Crippen molar-refractivity contribution in [2.24, 2.45) is 0 Å². The summed E-state index contributed by atoms with van der Waals surface area (Å²) in [7, 11) is 0. The fourth-order valence-corrected chi connectivity index (χ4v) is 1.96. The maximum absolute atomic E-state index is 11.9. The highest BCUT2D eigenvalue weighted by atomic mass is 32.1. The van der Waals surface area contributed by atoms with E-state index in [4.69, 9.17) is 0 Å². The Balaban J connectivity index is 2.33. The Hall–Kier alpha value is -2.01. The van der Waals surface area contributed by atoms with E-state index >= 15 is 0 Å². The van der Waals surface area contributed by atoms with Crippen LogP contribution in [0.4, 0.5) is 0 Å². The zero-order valence-electron chi connectivity index (χ0n) is 8.79. The zero-order chi connectivity index (χ0) is 11.8. The van der Waals surface area contributed by atoms with Gasteiger partial charge in [0.25, 0.3) is 0 Å². The van der Waals surface area contributed by atoms with E-state index in [9.17, 15) is 4.79 Å². The van der Waals surface area contributed by atoms with Crippen molar-refractivity contribution in [3.8, 4) is 5.69 Å². The van der Waals surface area contributed by atoms with Gasteiger partial charge in [-0.15, -0.1) is 12.6 Å². The predicted molar refractivity (Wildman–Crippen MR) is 68.9 cm³/mol. The maximum Gasteiger partial charge on any atom is 0.331 e. The van der Waals surface area contributed by atoms with Crippen molar-refractivity contribution in [1.29, 1.82) is 0 Å². The summed E-state index contributed by atoms with van der Waals surface area (Å²) in [6.07, 6.45) is 3.32. The van der Waals surface area contributed by atoms with Gasteiger partial charge in [0, 0.05) is 11.1 Å². The lowest BCUT2D eigenvalue weighted by molar-refractivity contribution is 1.01. The molecule has 0 amide bonds. The lowest BCUT2D eigenvalue weighted by Gasteiger charge is -2.02. The Kier molecular flexibility index (Phi) is 2.26. The molecule has 0 radical (unpaired) electrons. The Bertz CT molecular complexity index is 727. The predicted octanol–water partition coefficient (Wildman–Crippen LogP) is 2.00. The van der Waals surface area contributed by atoms with Crippen molar-refractivity contribution >= 4 is 23.7 Å². The highest BCUT2D eigenvalue weighted by Gasteiger charge is 2.07. The number of H-pyrrole nitrogens is 1. The third-order valence-corrected chi connectivity index (χ3v) is 2.89. The molecule has 0 unspecified atom stereocenters. The Morgan fingerprint density at radius 1 is 1.18 bits per heavy atom. The van der Waals surface area contributed by atoms with Crippen LogP contribution < -0.4 is 5.69 Å². The first-order valence-electron chi connectivity index (χ1n) is 5.10. The van der Waals surface area contributed by atoms with Crippen LogP contribution in [0.25, 0.3) is 16.7 Å². The lowest BCUT2D eigenvalue weighted by atomic mass is 10.3. The molecule has 0 aliphatic carbocycles. The molecule has 1 aromatic carbocycles. The van der Waals surface area contributed by atoms with Crippen LogP contribution in [0.15, 0.2) is 52.4 Å².